The molecular formula is C16H22ClN3S. The summed E-state index contributed by atoms with van der Waals surface area (Å²) in [5.74, 6) is 0. The molecule has 1 aromatic carbocycles. The summed E-state index contributed by atoms with van der Waals surface area (Å²) in [6, 6.07) is 6.82. The average Bonchev–Trinajstić information content (AvgIpc) is 3.01. The lowest BCUT2D eigenvalue weighted by Gasteiger charge is -2.39. The van der Waals surface area contributed by atoms with Crippen molar-refractivity contribution in [3.8, 4) is 0 Å². The largest absolute Gasteiger partial charge is 0.389 e. The van der Waals surface area contributed by atoms with Crippen LogP contribution in [0.2, 0.25) is 5.02 Å². The van der Waals surface area contributed by atoms with Gasteiger partial charge in [-0.3, -0.25) is 4.90 Å². The van der Waals surface area contributed by atoms with Crippen molar-refractivity contribution < 1.29 is 0 Å². The molecule has 0 atom stereocenters. The summed E-state index contributed by atoms with van der Waals surface area (Å²) >= 11 is 11.3. The summed E-state index contributed by atoms with van der Waals surface area (Å²) in [4.78, 5) is 5.42. The molecule has 114 valence electrons. The maximum atomic E-state index is 6.27. The molecule has 3 nitrogen and oxygen atoms in total. The standard InChI is InChI=1S/C16H22ClN3S/c17-15-11-13(5-6-14(15)16(18)21)20-9-7-19(8-10-20)12-3-1-2-4-12/h5-6,11-12H,1-4,7-10H2,(H2,18,21). The SMILES string of the molecule is NC(=S)c1ccc(N2CCN(C3CCCC3)CC2)cc1Cl. The Kier molecular flexibility index (Phi) is 4.67. The van der Waals surface area contributed by atoms with E-state index in [0.29, 0.717) is 10.0 Å². The molecule has 21 heavy (non-hydrogen) atoms. The molecule has 1 aliphatic carbocycles. The highest BCUT2D eigenvalue weighted by Crippen LogP contribution is 2.27. The molecule has 2 N–H and O–H groups in total. The Labute approximate surface area is 137 Å². The van der Waals surface area contributed by atoms with E-state index in [4.69, 9.17) is 29.6 Å². The molecule has 0 amide bonds. The summed E-state index contributed by atoms with van der Waals surface area (Å²) in [7, 11) is 0. The first kappa shape index (κ1) is 15.1. The Balaban J connectivity index is 1.64. The fourth-order valence-electron chi connectivity index (χ4n) is 3.52. The smallest absolute Gasteiger partial charge is 0.105 e. The molecule has 5 heteroatoms. The normalized spacial score (nSPS) is 20.9. The summed E-state index contributed by atoms with van der Waals surface area (Å²) < 4.78 is 0. The lowest BCUT2D eigenvalue weighted by atomic mass is 10.1. The highest BCUT2D eigenvalue weighted by Gasteiger charge is 2.26. The van der Waals surface area contributed by atoms with Gasteiger partial charge in [-0.15, -0.1) is 0 Å². The van der Waals surface area contributed by atoms with Crippen molar-refractivity contribution >= 4 is 34.5 Å². The van der Waals surface area contributed by atoms with Crippen LogP contribution in [0.3, 0.4) is 0 Å². The van der Waals surface area contributed by atoms with Crippen LogP contribution in [0.4, 0.5) is 5.69 Å². The minimum atomic E-state index is 0.359. The number of hydrogen-bond donors (Lipinski definition) is 1. The van der Waals surface area contributed by atoms with E-state index in [1.807, 2.05) is 12.1 Å². The number of anilines is 1. The third kappa shape index (κ3) is 3.33. The van der Waals surface area contributed by atoms with Gasteiger partial charge in [0.2, 0.25) is 0 Å². The predicted molar refractivity (Wildman–Crippen MR) is 93.4 cm³/mol. The first-order chi connectivity index (χ1) is 10.1. The summed E-state index contributed by atoms with van der Waals surface area (Å²) in [5, 5.41) is 0.651. The van der Waals surface area contributed by atoms with Crippen molar-refractivity contribution in [3.63, 3.8) is 0 Å². The van der Waals surface area contributed by atoms with Gasteiger partial charge >= 0.3 is 0 Å². The maximum absolute atomic E-state index is 6.27. The quantitative estimate of drug-likeness (QED) is 0.867. The minimum Gasteiger partial charge on any atom is -0.389 e. The molecule has 3 rings (SSSR count). The summed E-state index contributed by atoms with van der Waals surface area (Å²) in [6.45, 7) is 4.44. The van der Waals surface area contributed by atoms with E-state index in [2.05, 4.69) is 15.9 Å². The number of hydrogen-bond acceptors (Lipinski definition) is 3. The first-order valence-corrected chi connectivity index (χ1v) is 8.52. The van der Waals surface area contributed by atoms with Crippen LogP contribution >= 0.6 is 23.8 Å². The Morgan fingerprint density at radius 1 is 1.14 bits per heavy atom. The van der Waals surface area contributed by atoms with E-state index in [-0.39, 0.29) is 0 Å². The van der Waals surface area contributed by atoms with Gasteiger partial charge in [0.25, 0.3) is 0 Å². The van der Waals surface area contributed by atoms with Crippen molar-refractivity contribution in [2.45, 2.75) is 31.7 Å². The molecule has 0 aromatic heterocycles. The molecule has 1 aliphatic heterocycles. The third-order valence-corrected chi connectivity index (χ3v) is 5.27. The van der Waals surface area contributed by atoms with Gasteiger partial charge in [0.15, 0.2) is 0 Å². The molecule has 0 unspecified atom stereocenters. The van der Waals surface area contributed by atoms with Crippen molar-refractivity contribution in [1.82, 2.24) is 4.90 Å². The number of nitrogens with zero attached hydrogens (tertiary/aromatic N) is 2. The summed E-state index contributed by atoms with van der Waals surface area (Å²) in [5.41, 5.74) is 7.59. The second-order valence-corrected chi connectivity index (χ2v) is 6.84. The highest BCUT2D eigenvalue weighted by molar-refractivity contribution is 7.80. The van der Waals surface area contributed by atoms with E-state index in [1.54, 1.807) is 0 Å². The van der Waals surface area contributed by atoms with Gasteiger partial charge in [-0.1, -0.05) is 36.7 Å². The Morgan fingerprint density at radius 3 is 2.38 bits per heavy atom. The van der Waals surface area contributed by atoms with E-state index in [9.17, 15) is 0 Å². The van der Waals surface area contributed by atoms with Gasteiger partial charge in [-0.05, 0) is 31.0 Å². The molecule has 2 fully saturated rings. The molecule has 1 saturated heterocycles. The Hall–Kier alpha value is -0.840. The molecule has 2 aliphatic rings. The van der Waals surface area contributed by atoms with Gasteiger partial charge in [-0.25, -0.2) is 0 Å². The van der Waals surface area contributed by atoms with E-state index in [1.165, 1.54) is 31.4 Å². The summed E-state index contributed by atoms with van der Waals surface area (Å²) in [6.07, 6.45) is 5.57. The van der Waals surface area contributed by atoms with Crippen LogP contribution in [0.1, 0.15) is 31.2 Å². The van der Waals surface area contributed by atoms with Gasteiger partial charge < -0.3 is 10.6 Å². The van der Waals surface area contributed by atoms with Crippen molar-refractivity contribution in [1.29, 1.82) is 0 Å². The van der Waals surface area contributed by atoms with Crippen LogP contribution in [0, 0.1) is 0 Å². The molecular weight excluding hydrogens is 302 g/mol. The maximum Gasteiger partial charge on any atom is 0.105 e. The van der Waals surface area contributed by atoms with Crippen LogP contribution in [0.25, 0.3) is 0 Å². The van der Waals surface area contributed by atoms with Gasteiger partial charge in [0.05, 0.1) is 5.02 Å². The highest BCUT2D eigenvalue weighted by atomic mass is 35.5. The van der Waals surface area contributed by atoms with Crippen molar-refractivity contribution in [2.24, 2.45) is 5.73 Å². The van der Waals surface area contributed by atoms with Gasteiger partial charge in [-0.2, -0.15) is 0 Å². The van der Waals surface area contributed by atoms with Crippen molar-refractivity contribution in [2.75, 3.05) is 31.1 Å². The fourth-order valence-corrected chi connectivity index (χ4v) is 4.03. The number of nitrogens with two attached hydrogens (primary N) is 1. The number of rotatable bonds is 3. The Morgan fingerprint density at radius 2 is 1.81 bits per heavy atom. The monoisotopic (exact) mass is 323 g/mol. The minimum absolute atomic E-state index is 0.359. The first-order valence-electron chi connectivity index (χ1n) is 7.73. The second kappa shape index (κ2) is 6.51. The molecule has 1 heterocycles. The zero-order valence-corrected chi connectivity index (χ0v) is 13.8. The van der Waals surface area contributed by atoms with Crippen molar-refractivity contribution in [3.05, 3.63) is 28.8 Å². The molecule has 0 radical (unpaired) electrons. The third-order valence-electron chi connectivity index (χ3n) is 4.74. The average molecular weight is 324 g/mol. The number of halogens is 1. The van der Waals surface area contributed by atoms with Crippen LogP contribution in [-0.2, 0) is 0 Å². The molecule has 0 bridgehead atoms. The Bertz CT molecular complexity index is 520. The van der Waals surface area contributed by atoms with E-state index < -0.39 is 0 Å². The van der Waals surface area contributed by atoms with Crippen LogP contribution in [0.5, 0.6) is 0 Å². The second-order valence-electron chi connectivity index (χ2n) is 5.99. The topological polar surface area (TPSA) is 32.5 Å². The molecule has 1 aromatic rings. The number of piperazine rings is 1. The zero-order valence-electron chi connectivity index (χ0n) is 12.2. The number of thiocarbonyl (C=S) groups is 1. The van der Waals surface area contributed by atoms with E-state index in [0.717, 1.165) is 37.8 Å². The fraction of sp³-hybridized carbons (Fsp3) is 0.562. The number of benzene rings is 1. The predicted octanol–water partition coefficient (Wildman–Crippen LogP) is 3.04. The van der Waals surface area contributed by atoms with Gasteiger partial charge in [0, 0.05) is 43.5 Å². The van der Waals surface area contributed by atoms with Crippen LogP contribution in [0.15, 0.2) is 18.2 Å². The molecule has 1 saturated carbocycles. The lowest BCUT2D eigenvalue weighted by Crippen LogP contribution is -2.49. The van der Waals surface area contributed by atoms with Gasteiger partial charge in [0.1, 0.15) is 4.99 Å². The van der Waals surface area contributed by atoms with Crippen LogP contribution < -0.4 is 10.6 Å². The molecule has 0 spiro atoms. The van der Waals surface area contributed by atoms with E-state index >= 15 is 0 Å². The van der Waals surface area contributed by atoms with Crippen LogP contribution in [-0.4, -0.2) is 42.1 Å². The lowest BCUT2D eigenvalue weighted by molar-refractivity contribution is 0.187. The zero-order chi connectivity index (χ0) is 14.8.